The molecular weight excluding hydrogens is 432 g/mol. The van der Waals surface area contributed by atoms with E-state index in [0.29, 0.717) is 23.7 Å². The largest absolute Gasteiger partial charge is 0.478 e. The quantitative estimate of drug-likeness (QED) is 0.687. The fourth-order valence-electron chi connectivity index (χ4n) is 3.51. The number of halogens is 5. The van der Waals surface area contributed by atoms with Crippen molar-refractivity contribution in [3.63, 3.8) is 0 Å². The van der Waals surface area contributed by atoms with Crippen molar-refractivity contribution in [2.24, 2.45) is 5.92 Å². The van der Waals surface area contributed by atoms with E-state index in [9.17, 15) is 32.3 Å². The van der Waals surface area contributed by atoms with Gasteiger partial charge in [0.05, 0.1) is 16.8 Å². The summed E-state index contributed by atoms with van der Waals surface area (Å²) in [5, 5.41) is 12.7. The molecule has 1 saturated carbocycles. The first-order valence-corrected chi connectivity index (χ1v) is 9.43. The van der Waals surface area contributed by atoms with Crippen molar-refractivity contribution in [3.05, 3.63) is 50.7 Å². The van der Waals surface area contributed by atoms with Crippen LogP contribution in [0.4, 0.5) is 17.6 Å². The molecule has 0 spiro atoms. The molecule has 1 aliphatic rings. The summed E-state index contributed by atoms with van der Waals surface area (Å²) in [5.74, 6) is -2.72. The van der Waals surface area contributed by atoms with Crippen molar-refractivity contribution in [2.75, 3.05) is 0 Å². The van der Waals surface area contributed by atoms with Gasteiger partial charge in [-0.05, 0) is 25.8 Å². The maximum absolute atomic E-state index is 14.5. The van der Waals surface area contributed by atoms with Gasteiger partial charge in [0.2, 0.25) is 0 Å². The molecule has 0 saturated heterocycles. The van der Waals surface area contributed by atoms with Crippen LogP contribution in [0.25, 0.3) is 5.69 Å². The monoisotopic (exact) mass is 448 g/mol. The van der Waals surface area contributed by atoms with Crippen molar-refractivity contribution in [1.29, 1.82) is 0 Å². The molecule has 1 unspecified atom stereocenters. The van der Waals surface area contributed by atoms with Crippen LogP contribution in [0.15, 0.2) is 23.1 Å². The molecule has 1 fully saturated rings. The average molecular weight is 449 g/mol. The van der Waals surface area contributed by atoms with Crippen molar-refractivity contribution in [3.8, 4) is 11.4 Å². The fourth-order valence-corrected chi connectivity index (χ4v) is 3.71. The van der Waals surface area contributed by atoms with E-state index in [0.717, 1.165) is 31.9 Å². The third-order valence-corrected chi connectivity index (χ3v) is 5.38. The molecule has 30 heavy (non-hydrogen) atoms. The lowest BCUT2D eigenvalue weighted by atomic mass is 10.0. The summed E-state index contributed by atoms with van der Waals surface area (Å²) in [6.07, 6.45) is -2.62. The molecule has 162 valence electrons. The molecule has 0 bridgehead atoms. The molecule has 1 aromatic heterocycles. The minimum absolute atomic E-state index is 0.210. The van der Waals surface area contributed by atoms with Gasteiger partial charge >= 0.3 is 12.1 Å². The smallest absolute Gasteiger partial charge is 0.418 e. The van der Waals surface area contributed by atoms with Crippen LogP contribution in [0.2, 0.25) is 5.02 Å². The Kier molecular flexibility index (Phi) is 6.07. The number of alkyl halides is 3. The average Bonchev–Trinajstić information content (AvgIpc) is 3.16. The second-order valence-electron chi connectivity index (χ2n) is 7.05. The van der Waals surface area contributed by atoms with E-state index in [1.165, 1.54) is 0 Å². The summed E-state index contributed by atoms with van der Waals surface area (Å²) in [5.41, 5.74) is -3.58. The summed E-state index contributed by atoms with van der Waals surface area (Å²) in [6, 6.07) is 1.75. The van der Waals surface area contributed by atoms with Crippen LogP contribution in [-0.2, 0) is 11.0 Å². The Labute approximate surface area is 173 Å². The van der Waals surface area contributed by atoms with Gasteiger partial charge in [0.25, 0.3) is 5.56 Å². The zero-order valence-electron chi connectivity index (χ0n) is 15.7. The predicted molar refractivity (Wildman–Crippen MR) is 98.6 cm³/mol. The first-order valence-electron chi connectivity index (χ1n) is 9.05. The van der Waals surface area contributed by atoms with E-state index in [-0.39, 0.29) is 16.7 Å². The minimum Gasteiger partial charge on any atom is -0.478 e. The summed E-state index contributed by atoms with van der Waals surface area (Å²) in [4.78, 5) is 24.0. The molecule has 1 N–H and O–H groups in total. The number of hydrogen-bond donors (Lipinski definition) is 1. The maximum atomic E-state index is 14.5. The van der Waals surface area contributed by atoms with E-state index in [2.05, 4.69) is 5.10 Å². The lowest BCUT2D eigenvalue weighted by molar-refractivity contribution is -0.147. The number of nitrogens with zero attached hydrogens (tertiary/aromatic N) is 2. The van der Waals surface area contributed by atoms with E-state index in [1.54, 1.807) is 0 Å². The summed E-state index contributed by atoms with van der Waals surface area (Å²) in [7, 11) is 0. The predicted octanol–water partition coefficient (Wildman–Crippen LogP) is 4.37. The first kappa shape index (κ1) is 22.1. The number of benzene rings is 1. The topological polar surface area (TPSA) is 81.4 Å². The van der Waals surface area contributed by atoms with E-state index in [1.807, 2.05) is 0 Å². The lowest BCUT2D eigenvalue weighted by Crippen LogP contribution is -2.34. The van der Waals surface area contributed by atoms with Gasteiger partial charge in [0.1, 0.15) is 11.4 Å². The third-order valence-electron chi connectivity index (χ3n) is 5.08. The molecule has 3 rings (SSSR count). The van der Waals surface area contributed by atoms with Gasteiger partial charge in [-0.2, -0.15) is 23.0 Å². The Morgan fingerprint density at radius 1 is 1.33 bits per heavy atom. The highest BCUT2D eigenvalue weighted by atomic mass is 35.5. The van der Waals surface area contributed by atoms with Crippen LogP contribution in [-0.4, -0.2) is 27.0 Å². The Balaban J connectivity index is 2.05. The second kappa shape index (κ2) is 8.25. The van der Waals surface area contributed by atoms with E-state index in [4.69, 9.17) is 16.3 Å². The number of carbonyl (C=O) groups is 1. The number of carboxylic acids is 1. The molecule has 1 aliphatic carbocycles. The first-order chi connectivity index (χ1) is 14.0. The third kappa shape index (κ3) is 4.28. The summed E-state index contributed by atoms with van der Waals surface area (Å²) < 4.78 is 59.4. The van der Waals surface area contributed by atoms with Crippen LogP contribution >= 0.6 is 11.6 Å². The SMILES string of the molecule is Cc1c(C(F)(F)F)cnn(-c2cc(OC(C(=O)O)C3CCCC3)c(Cl)cc2F)c1=O. The Hall–Kier alpha value is -2.62. The van der Waals surface area contributed by atoms with Crippen molar-refractivity contribution >= 4 is 17.6 Å². The fraction of sp³-hybridized carbons (Fsp3) is 0.421. The van der Waals surface area contributed by atoms with Crippen LogP contribution < -0.4 is 10.3 Å². The molecule has 11 heteroatoms. The van der Waals surface area contributed by atoms with Crippen LogP contribution in [0.5, 0.6) is 5.75 Å². The number of ether oxygens (including phenoxy) is 1. The molecule has 1 aromatic carbocycles. The standard InChI is InChI=1S/C19H17ClF4N2O4/c1-9-11(19(22,23)24)8-25-26(17(9)27)14-7-15(12(20)6-13(14)21)30-16(18(28)29)10-4-2-3-5-10/h6-8,10,16H,2-5H2,1H3,(H,28,29). The van der Waals surface area contributed by atoms with Gasteiger partial charge in [0, 0.05) is 17.5 Å². The van der Waals surface area contributed by atoms with E-state index < -0.39 is 46.4 Å². The summed E-state index contributed by atoms with van der Waals surface area (Å²) in [6.45, 7) is 0.953. The van der Waals surface area contributed by atoms with Gasteiger partial charge in [-0.25, -0.2) is 9.18 Å². The van der Waals surface area contributed by atoms with Crippen molar-refractivity contribution in [2.45, 2.75) is 44.9 Å². The Morgan fingerprint density at radius 3 is 2.53 bits per heavy atom. The maximum Gasteiger partial charge on any atom is 0.418 e. The minimum atomic E-state index is -4.79. The van der Waals surface area contributed by atoms with Crippen LogP contribution in [0, 0.1) is 18.7 Å². The highest BCUT2D eigenvalue weighted by molar-refractivity contribution is 6.32. The highest BCUT2D eigenvalue weighted by Crippen LogP contribution is 2.35. The van der Waals surface area contributed by atoms with Gasteiger partial charge in [-0.1, -0.05) is 24.4 Å². The van der Waals surface area contributed by atoms with E-state index >= 15 is 0 Å². The van der Waals surface area contributed by atoms with Gasteiger partial charge in [-0.3, -0.25) is 4.79 Å². The zero-order valence-corrected chi connectivity index (χ0v) is 16.4. The molecule has 2 aromatic rings. The molecule has 0 radical (unpaired) electrons. The molecule has 6 nitrogen and oxygen atoms in total. The molecule has 1 atom stereocenters. The number of hydrogen-bond acceptors (Lipinski definition) is 4. The molecule has 0 amide bonds. The van der Waals surface area contributed by atoms with Gasteiger partial charge < -0.3 is 9.84 Å². The number of rotatable bonds is 5. The summed E-state index contributed by atoms with van der Waals surface area (Å²) >= 11 is 5.99. The lowest BCUT2D eigenvalue weighted by Gasteiger charge is -2.22. The van der Waals surface area contributed by atoms with Crippen LogP contribution in [0.1, 0.15) is 36.8 Å². The number of aliphatic carboxylic acids is 1. The van der Waals surface area contributed by atoms with Crippen LogP contribution in [0.3, 0.4) is 0 Å². The molecule has 1 heterocycles. The van der Waals surface area contributed by atoms with Gasteiger partial charge in [-0.15, -0.1) is 0 Å². The molecule has 0 aliphatic heterocycles. The highest BCUT2D eigenvalue weighted by Gasteiger charge is 2.35. The zero-order chi connectivity index (χ0) is 22.2. The second-order valence-corrected chi connectivity index (χ2v) is 7.46. The van der Waals surface area contributed by atoms with Crippen molar-refractivity contribution < 1.29 is 32.2 Å². The normalized spacial score (nSPS) is 15.9. The Morgan fingerprint density at radius 2 is 1.97 bits per heavy atom. The van der Waals surface area contributed by atoms with Crippen molar-refractivity contribution in [1.82, 2.24) is 9.78 Å². The number of carboxylic acid groups (broad SMARTS) is 1. The molecular formula is C19H17ClF4N2O4. The Bertz CT molecular complexity index is 1030. The number of aromatic nitrogens is 2. The van der Waals surface area contributed by atoms with Gasteiger partial charge in [0.15, 0.2) is 11.9 Å².